The number of hydrogen-bond donors (Lipinski definition) is 1. The number of nitrogens with one attached hydrogen (secondary N) is 1. The first kappa shape index (κ1) is 19.8. The van der Waals surface area contributed by atoms with Gasteiger partial charge in [0.05, 0.1) is 19.3 Å². The molecule has 3 aromatic carbocycles. The Balaban J connectivity index is 1.46. The van der Waals surface area contributed by atoms with Crippen molar-refractivity contribution < 1.29 is 26.9 Å². The molecule has 1 N–H and O–H groups in total. The second kappa shape index (κ2) is 8.08. The largest absolute Gasteiger partial charge is 0.496 e. The zero-order valence-corrected chi connectivity index (χ0v) is 16.9. The fourth-order valence-corrected chi connectivity index (χ4v) is 4.10. The predicted octanol–water partition coefficient (Wildman–Crippen LogP) is 3.65. The first-order valence-electron chi connectivity index (χ1n) is 9.21. The van der Waals surface area contributed by atoms with Gasteiger partial charge in [0.2, 0.25) is 0 Å². The quantitative estimate of drug-likeness (QED) is 0.606. The molecule has 0 radical (unpaired) electrons. The molecule has 0 aromatic heterocycles. The second-order valence-corrected chi connectivity index (χ2v) is 8.13. The van der Waals surface area contributed by atoms with Crippen molar-refractivity contribution in [2.75, 3.05) is 19.0 Å². The molecule has 30 heavy (non-hydrogen) atoms. The first-order chi connectivity index (χ1) is 14.5. The molecule has 0 fully saturated rings. The van der Waals surface area contributed by atoms with Crippen LogP contribution >= 0.6 is 0 Å². The zero-order chi connectivity index (χ0) is 21.1. The van der Waals surface area contributed by atoms with Crippen LogP contribution in [0.3, 0.4) is 0 Å². The lowest BCUT2D eigenvalue weighted by molar-refractivity contribution is 0.102. The summed E-state index contributed by atoms with van der Waals surface area (Å²) in [7, 11) is -2.49. The van der Waals surface area contributed by atoms with Crippen LogP contribution in [0, 0.1) is 0 Å². The van der Waals surface area contributed by atoms with E-state index in [9.17, 15) is 13.2 Å². The van der Waals surface area contributed by atoms with Gasteiger partial charge in [-0.3, -0.25) is 4.79 Å². The summed E-state index contributed by atoms with van der Waals surface area (Å²) >= 11 is 0. The number of rotatable bonds is 6. The van der Waals surface area contributed by atoms with E-state index in [1.807, 2.05) is 0 Å². The summed E-state index contributed by atoms with van der Waals surface area (Å²) in [5.74, 6) is 0.959. The lowest BCUT2D eigenvalue weighted by Crippen LogP contribution is -2.13. The maximum Gasteiger partial charge on any atom is 0.339 e. The molecular weight excluding hydrogens is 406 g/mol. The smallest absolute Gasteiger partial charge is 0.339 e. The molecule has 1 aliphatic rings. The molecule has 4 rings (SSSR count). The van der Waals surface area contributed by atoms with E-state index in [0.717, 1.165) is 5.56 Å². The minimum atomic E-state index is -3.98. The van der Waals surface area contributed by atoms with Crippen LogP contribution in [0.5, 0.6) is 17.2 Å². The lowest BCUT2D eigenvalue weighted by atomic mass is 10.2. The summed E-state index contributed by atoms with van der Waals surface area (Å²) in [6.45, 7) is 0.543. The van der Waals surface area contributed by atoms with E-state index < -0.39 is 10.1 Å². The molecule has 0 aliphatic carbocycles. The van der Waals surface area contributed by atoms with Crippen molar-refractivity contribution in [3.63, 3.8) is 0 Å². The van der Waals surface area contributed by atoms with Crippen LogP contribution in [0.4, 0.5) is 5.69 Å². The molecule has 1 aliphatic heterocycles. The van der Waals surface area contributed by atoms with E-state index in [2.05, 4.69) is 5.32 Å². The van der Waals surface area contributed by atoms with E-state index in [4.69, 9.17) is 13.7 Å². The van der Waals surface area contributed by atoms with E-state index in [1.165, 1.54) is 25.3 Å². The topological polar surface area (TPSA) is 90.9 Å². The number of anilines is 1. The van der Waals surface area contributed by atoms with Crippen molar-refractivity contribution >= 4 is 21.7 Å². The van der Waals surface area contributed by atoms with Crippen molar-refractivity contribution in [2.45, 2.75) is 11.3 Å². The third-order valence-corrected chi connectivity index (χ3v) is 5.86. The minimum absolute atomic E-state index is 0.0697. The summed E-state index contributed by atoms with van der Waals surface area (Å²) in [6.07, 6.45) is 0.666. The van der Waals surface area contributed by atoms with Gasteiger partial charge in [0.15, 0.2) is 0 Å². The SMILES string of the molecule is COc1ccccc1C(=O)Nc1ccc(OS(=O)(=O)c2ccc3c(c2)CCO3)cc1. The Morgan fingerprint density at radius 3 is 2.57 bits per heavy atom. The van der Waals surface area contributed by atoms with Crippen LogP contribution in [0.15, 0.2) is 71.6 Å². The van der Waals surface area contributed by atoms with Crippen LogP contribution in [0.2, 0.25) is 0 Å². The van der Waals surface area contributed by atoms with Gasteiger partial charge < -0.3 is 19.0 Å². The summed E-state index contributed by atoms with van der Waals surface area (Å²) in [5, 5.41) is 2.75. The average molecular weight is 425 g/mol. The Labute approximate surface area is 174 Å². The lowest BCUT2D eigenvalue weighted by Gasteiger charge is -2.11. The minimum Gasteiger partial charge on any atom is -0.496 e. The number of benzene rings is 3. The van der Waals surface area contributed by atoms with Crippen molar-refractivity contribution in [3.8, 4) is 17.2 Å². The van der Waals surface area contributed by atoms with Crippen LogP contribution in [-0.4, -0.2) is 28.0 Å². The van der Waals surface area contributed by atoms with Gasteiger partial charge in [0, 0.05) is 12.1 Å². The summed E-state index contributed by atoms with van der Waals surface area (Å²) in [6, 6.07) is 17.6. The number of carbonyl (C=O) groups is 1. The highest BCUT2D eigenvalue weighted by Gasteiger charge is 2.21. The van der Waals surface area contributed by atoms with Gasteiger partial charge in [0.1, 0.15) is 22.1 Å². The summed E-state index contributed by atoms with van der Waals surface area (Å²) < 4.78 is 41.0. The van der Waals surface area contributed by atoms with Crippen LogP contribution in [0.25, 0.3) is 0 Å². The molecule has 0 spiro atoms. The van der Waals surface area contributed by atoms with Gasteiger partial charge >= 0.3 is 10.1 Å². The Kier molecular flexibility index (Phi) is 5.33. The molecule has 7 nitrogen and oxygen atoms in total. The highest BCUT2D eigenvalue weighted by Crippen LogP contribution is 2.29. The van der Waals surface area contributed by atoms with Gasteiger partial charge in [-0.1, -0.05) is 12.1 Å². The number of amides is 1. The van der Waals surface area contributed by atoms with Gasteiger partial charge in [-0.05, 0) is 60.2 Å². The monoisotopic (exact) mass is 425 g/mol. The molecule has 0 unspecified atom stereocenters. The van der Waals surface area contributed by atoms with E-state index in [1.54, 1.807) is 48.5 Å². The summed E-state index contributed by atoms with van der Waals surface area (Å²) in [5.41, 5.74) is 1.72. The van der Waals surface area contributed by atoms with Gasteiger partial charge in [-0.2, -0.15) is 8.42 Å². The Morgan fingerprint density at radius 1 is 1.03 bits per heavy atom. The van der Waals surface area contributed by atoms with Crippen molar-refractivity contribution in [2.24, 2.45) is 0 Å². The highest BCUT2D eigenvalue weighted by atomic mass is 32.2. The second-order valence-electron chi connectivity index (χ2n) is 6.58. The molecule has 8 heteroatoms. The molecule has 154 valence electrons. The van der Waals surface area contributed by atoms with Crippen molar-refractivity contribution in [1.82, 2.24) is 0 Å². The number of fused-ring (bicyclic) bond motifs is 1. The van der Waals surface area contributed by atoms with E-state index >= 15 is 0 Å². The maximum absolute atomic E-state index is 12.6. The maximum atomic E-state index is 12.6. The number of carbonyl (C=O) groups excluding carboxylic acids is 1. The number of para-hydroxylation sites is 1. The zero-order valence-electron chi connectivity index (χ0n) is 16.1. The Hall–Kier alpha value is -3.52. The number of methoxy groups -OCH3 is 1. The van der Waals surface area contributed by atoms with Gasteiger partial charge in [-0.15, -0.1) is 0 Å². The van der Waals surface area contributed by atoms with Crippen molar-refractivity contribution in [1.29, 1.82) is 0 Å². The third kappa shape index (κ3) is 4.08. The molecule has 0 saturated heterocycles. The fourth-order valence-electron chi connectivity index (χ4n) is 3.12. The third-order valence-electron chi connectivity index (χ3n) is 4.62. The molecular formula is C22H19NO6S. The van der Waals surface area contributed by atoms with Gasteiger partial charge in [-0.25, -0.2) is 0 Å². The molecule has 1 heterocycles. The Bertz CT molecular complexity index is 1190. The highest BCUT2D eigenvalue weighted by molar-refractivity contribution is 7.87. The predicted molar refractivity (Wildman–Crippen MR) is 111 cm³/mol. The van der Waals surface area contributed by atoms with Crippen molar-refractivity contribution in [3.05, 3.63) is 77.9 Å². The normalized spacial score (nSPS) is 12.6. The fraction of sp³-hybridized carbons (Fsp3) is 0.136. The molecule has 1 amide bonds. The van der Waals surface area contributed by atoms with E-state index in [0.29, 0.717) is 35.8 Å². The number of hydrogen-bond acceptors (Lipinski definition) is 6. The van der Waals surface area contributed by atoms with Gasteiger partial charge in [0.25, 0.3) is 5.91 Å². The van der Waals surface area contributed by atoms with Crippen LogP contribution in [0.1, 0.15) is 15.9 Å². The standard InChI is InChI=1S/C22H19NO6S/c1-27-21-5-3-2-4-19(21)22(24)23-16-6-8-17(9-7-16)29-30(25,26)18-10-11-20-15(14-18)12-13-28-20/h2-11,14H,12-13H2,1H3,(H,23,24). The molecule has 0 bridgehead atoms. The molecule has 3 aromatic rings. The van der Waals surface area contributed by atoms with E-state index in [-0.39, 0.29) is 16.6 Å². The first-order valence-corrected chi connectivity index (χ1v) is 10.6. The Morgan fingerprint density at radius 2 is 1.80 bits per heavy atom. The summed E-state index contributed by atoms with van der Waals surface area (Å²) in [4.78, 5) is 12.5. The molecule has 0 atom stereocenters. The molecule has 0 saturated carbocycles. The van der Waals surface area contributed by atoms with Crippen LogP contribution < -0.4 is 19.0 Å². The number of ether oxygens (including phenoxy) is 2. The van der Waals surface area contributed by atoms with Crippen LogP contribution in [-0.2, 0) is 16.5 Å². The average Bonchev–Trinajstić information content (AvgIpc) is 3.23.